The Morgan fingerprint density at radius 3 is 2.48 bits per heavy atom. The molecule has 0 unspecified atom stereocenters. The van der Waals surface area contributed by atoms with Crippen LogP contribution in [0.2, 0.25) is 0 Å². The SMILES string of the molecule is CCNC(=NCCN(C)CC)NC1CCN(C(C)C)CC1. The highest BCUT2D eigenvalue weighted by Crippen LogP contribution is 2.12. The van der Waals surface area contributed by atoms with E-state index in [1.54, 1.807) is 0 Å². The maximum Gasteiger partial charge on any atom is 0.191 e. The molecule has 0 bridgehead atoms. The third kappa shape index (κ3) is 7.14. The Hall–Kier alpha value is -0.810. The van der Waals surface area contributed by atoms with Gasteiger partial charge < -0.3 is 20.4 Å². The summed E-state index contributed by atoms with van der Waals surface area (Å²) in [5, 5.41) is 6.96. The Morgan fingerprint density at radius 2 is 1.95 bits per heavy atom. The van der Waals surface area contributed by atoms with E-state index in [2.05, 4.69) is 60.2 Å². The first-order valence-corrected chi connectivity index (χ1v) is 8.54. The molecule has 0 spiro atoms. The molecule has 1 fully saturated rings. The average Bonchev–Trinajstić information content (AvgIpc) is 2.47. The van der Waals surface area contributed by atoms with Crippen molar-refractivity contribution >= 4 is 5.96 Å². The van der Waals surface area contributed by atoms with Gasteiger partial charge in [-0.25, -0.2) is 0 Å². The van der Waals surface area contributed by atoms with E-state index in [4.69, 9.17) is 0 Å². The lowest BCUT2D eigenvalue weighted by Gasteiger charge is -2.35. The Kier molecular flexibility index (Phi) is 8.69. The molecule has 21 heavy (non-hydrogen) atoms. The number of piperidine rings is 1. The number of nitrogens with zero attached hydrogens (tertiary/aromatic N) is 3. The van der Waals surface area contributed by atoms with E-state index >= 15 is 0 Å². The zero-order chi connectivity index (χ0) is 15.7. The molecule has 0 atom stereocenters. The number of likely N-dealkylation sites (tertiary alicyclic amines) is 1. The first-order chi connectivity index (χ1) is 10.1. The molecular formula is C16H35N5. The van der Waals surface area contributed by atoms with Crippen molar-refractivity contribution < 1.29 is 0 Å². The van der Waals surface area contributed by atoms with Gasteiger partial charge in [0.2, 0.25) is 0 Å². The molecule has 5 heteroatoms. The van der Waals surface area contributed by atoms with Crippen LogP contribution < -0.4 is 10.6 Å². The second kappa shape index (κ2) is 10.0. The molecule has 0 amide bonds. The molecular weight excluding hydrogens is 262 g/mol. The van der Waals surface area contributed by atoms with Crippen molar-refractivity contribution in [1.82, 2.24) is 20.4 Å². The van der Waals surface area contributed by atoms with E-state index in [9.17, 15) is 0 Å². The summed E-state index contributed by atoms with van der Waals surface area (Å²) < 4.78 is 0. The van der Waals surface area contributed by atoms with Gasteiger partial charge in [0.15, 0.2) is 5.96 Å². The highest BCUT2D eigenvalue weighted by molar-refractivity contribution is 5.80. The third-order valence-electron chi connectivity index (χ3n) is 4.24. The van der Waals surface area contributed by atoms with Gasteiger partial charge in [0.25, 0.3) is 0 Å². The number of aliphatic imine (C=N–C) groups is 1. The summed E-state index contributed by atoms with van der Waals surface area (Å²) >= 11 is 0. The van der Waals surface area contributed by atoms with Crippen LogP contribution in [-0.2, 0) is 0 Å². The summed E-state index contributed by atoms with van der Waals surface area (Å²) in [5.74, 6) is 0.977. The summed E-state index contributed by atoms with van der Waals surface area (Å²) in [4.78, 5) is 9.53. The third-order valence-corrected chi connectivity index (χ3v) is 4.24. The zero-order valence-corrected chi connectivity index (χ0v) is 14.7. The van der Waals surface area contributed by atoms with Gasteiger partial charge >= 0.3 is 0 Å². The van der Waals surface area contributed by atoms with Gasteiger partial charge in [0.1, 0.15) is 0 Å². The number of hydrogen-bond acceptors (Lipinski definition) is 3. The van der Waals surface area contributed by atoms with E-state index in [-0.39, 0.29) is 0 Å². The van der Waals surface area contributed by atoms with E-state index in [1.165, 1.54) is 25.9 Å². The van der Waals surface area contributed by atoms with Crippen LogP contribution in [0.1, 0.15) is 40.5 Å². The van der Waals surface area contributed by atoms with Crippen molar-refractivity contribution in [2.75, 3.05) is 46.3 Å². The maximum atomic E-state index is 4.69. The van der Waals surface area contributed by atoms with Crippen molar-refractivity contribution in [2.45, 2.75) is 52.6 Å². The van der Waals surface area contributed by atoms with Crippen LogP contribution >= 0.6 is 0 Å². The van der Waals surface area contributed by atoms with Crippen LogP contribution in [0.25, 0.3) is 0 Å². The second-order valence-electron chi connectivity index (χ2n) is 6.20. The fourth-order valence-electron chi connectivity index (χ4n) is 2.56. The molecule has 2 N–H and O–H groups in total. The molecule has 1 heterocycles. The number of rotatable bonds is 7. The van der Waals surface area contributed by atoms with Crippen molar-refractivity contribution in [3.05, 3.63) is 0 Å². The molecule has 5 nitrogen and oxygen atoms in total. The summed E-state index contributed by atoms with van der Waals surface area (Å²) in [7, 11) is 2.14. The molecule has 0 aromatic carbocycles. The van der Waals surface area contributed by atoms with E-state index in [0.717, 1.165) is 32.1 Å². The minimum atomic E-state index is 0.557. The topological polar surface area (TPSA) is 42.9 Å². The van der Waals surface area contributed by atoms with Crippen LogP contribution in [0.5, 0.6) is 0 Å². The first kappa shape index (κ1) is 18.2. The Labute approximate surface area is 131 Å². The lowest BCUT2D eigenvalue weighted by molar-refractivity contribution is 0.167. The van der Waals surface area contributed by atoms with E-state index in [0.29, 0.717) is 12.1 Å². The molecule has 1 aliphatic rings. The van der Waals surface area contributed by atoms with Gasteiger partial charge in [-0.1, -0.05) is 6.92 Å². The molecule has 0 aliphatic carbocycles. The van der Waals surface area contributed by atoms with Gasteiger partial charge in [-0.2, -0.15) is 0 Å². The van der Waals surface area contributed by atoms with Crippen molar-refractivity contribution in [3.8, 4) is 0 Å². The molecule has 124 valence electrons. The number of likely N-dealkylation sites (N-methyl/N-ethyl adjacent to an activating group) is 1. The van der Waals surface area contributed by atoms with E-state index < -0.39 is 0 Å². The Balaban J connectivity index is 2.38. The molecule has 0 radical (unpaired) electrons. The predicted molar refractivity (Wildman–Crippen MR) is 92.0 cm³/mol. The molecule has 0 aromatic heterocycles. The fraction of sp³-hybridized carbons (Fsp3) is 0.938. The first-order valence-electron chi connectivity index (χ1n) is 8.54. The predicted octanol–water partition coefficient (Wildman–Crippen LogP) is 1.37. The summed E-state index contributed by atoms with van der Waals surface area (Å²) in [6.45, 7) is 15.1. The Bertz CT molecular complexity index is 295. The molecule has 0 saturated carbocycles. The van der Waals surface area contributed by atoms with Crippen molar-refractivity contribution in [3.63, 3.8) is 0 Å². The monoisotopic (exact) mass is 297 g/mol. The van der Waals surface area contributed by atoms with Gasteiger partial charge in [-0.3, -0.25) is 4.99 Å². The van der Waals surface area contributed by atoms with Gasteiger partial charge in [0.05, 0.1) is 6.54 Å². The normalized spacial score (nSPS) is 18.5. The zero-order valence-electron chi connectivity index (χ0n) is 14.7. The number of nitrogens with one attached hydrogen (secondary N) is 2. The average molecular weight is 297 g/mol. The molecule has 1 aliphatic heterocycles. The smallest absolute Gasteiger partial charge is 0.191 e. The van der Waals surface area contributed by atoms with Gasteiger partial charge in [-0.15, -0.1) is 0 Å². The number of hydrogen-bond donors (Lipinski definition) is 2. The highest BCUT2D eigenvalue weighted by Gasteiger charge is 2.21. The van der Waals surface area contributed by atoms with Crippen molar-refractivity contribution in [1.29, 1.82) is 0 Å². The lowest BCUT2D eigenvalue weighted by atomic mass is 10.0. The Morgan fingerprint density at radius 1 is 1.29 bits per heavy atom. The second-order valence-corrected chi connectivity index (χ2v) is 6.20. The van der Waals surface area contributed by atoms with Gasteiger partial charge in [0, 0.05) is 38.3 Å². The summed E-state index contributed by atoms with van der Waals surface area (Å²) in [6.07, 6.45) is 2.41. The van der Waals surface area contributed by atoms with Crippen LogP contribution in [0, 0.1) is 0 Å². The molecule has 0 aromatic rings. The minimum absolute atomic E-state index is 0.557. The van der Waals surface area contributed by atoms with Crippen LogP contribution in [0.4, 0.5) is 0 Å². The summed E-state index contributed by atoms with van der Waals surface area (Å²) in [5.41, 5.74) is 0. The fourth-order valence-corrected chi connectivity index (χ4v) is 2.56. The maximum absolute atomic E-state index is 4.69. The molecule has 1 rings (SSSR count). The van der Waals surface area contributed by atoms with Crippen LogP contribution in [0.15, 0.2) is 4.99 Å². The number of guanidine groups is 1. The standard InChI is InChI=1S/C16H35N5/c1-6-17-16(18-10-13-20(5)7-2)19-15-8-11-21(12-9-15)14(3)4/h14-15H,6-13H2,1-5H3,(H2,17,18,19). The van der Waals surface area contributed by atoms with Crippen molar-refractivity contribution in [2.24, 2.45) is 4.99 Å². The van der Waals surface area contributed by atoms with Gasteiger partial charge in [-0.05, 0) is 47.2 Å². The molecule has 1 saturated heterocycles. The van der Waals surface area contributed by atoms with E-state index in [1.807, 2.05) is 0 Å². The largest absolute Gasteiger partial charge is 0.357 e. The van der Waals surface area contributed by atoms with Crippen LogP contribution in [0.3, 0.4) is 0 Å². The highest BCUT2D eigenvalue weighted by atomic mass is 15.2. The summed E-state index contributed by atoms with van der Waals surface area (Å²) in [6, 6.07) is 1.22. The quantitative estimate of drug-likeness (QED) is 0.550. The minimum Gasteiger partial charge on any atom is -0.357 e. The van der Waals surface area contributed by atoms with Crippen LogP contribution in [-0.4, -0.2) is 74.2 Å². The lowest BCUT2D eigenvalue weighted by Crippen LogP contribution is -2.50.